The summed E-state index contributed by atoms with van der Waals surface area (Å²) in [7, 11) is 0. The summed E-state index contributed by atoms with van der Waals surface area (Å²) >= 11 is 0. The van der Waals surface area contributed by atoms with Gasteiger partial charge in [0.25, 0.3) is 0 Å². The number of anilines is 1. The first kappa shape index (κ1) is 21.5. The highest BCUT2D eigenvalue weighted by Gasteiger charge is 2.45. The quantitative estimate of drug-likeness (QED) is 0.291. The van der Waals surface area contributed by atoms with Gasteiger partial charge in [-0.25, -0.2) is 0 Å². The SMILES string of the molecule is Cc1c(C)c(C)c(-c2cc3c(c4ccccc24)-c2ccc(N)cc2C32CCCCC2)c(C)c1C. The van der Waals surface area contributed by atoms with E-state index in [0.29, 0.717) is 0 Å². The second kappa shape index (κ2) is 7.47. The standard InChI is InChI=1S/C33H35N/c1-19-20(2)22(4)31(23(5)21(19)3)28-18-30-32(26-12-8-7-11-25(26)28)27-14-13-24(34)17-29(27)33(30)15-9-6-10-16-33/h7-8,11-14,17-18H,6,9-10,15-16,34H2,1-5H3. The van der Waals surface area contributed by atoms with E-state index in [9.17, 15) is 0 Å². The smallest absolute Gasteiger partial charge is 0.0317 e. The van der Waals surface area contributed by atoms with Gasteiger partial charge in [-0.15, -0.1) is 0 Å². The molecule has 0 amide bonds. The van der Waals surface area contributed by atoms with Crippen LogP contribution in [0.1, 0.15) is 71.0 Å². The molecule has 1 fully saturated rings. The van der Waals surface area contributed by atoms with E-state index in [1.165, 1.54) is 104 Å². The maximum atomic E-state index is 6.38. The summed E-state index contributed by atoms with van der Waals surface area (Å²) < 4.78 is 0. The summed E-state index contributed by atoms with van der Waals surface area (Å²) in [6.07, 6.45) is 6.35. The molecule has 0 bridgehead atoms. The normalized spacial score (nSPS) is 16.1. The van der Waals surface area contributed by atoms with Gasteiger partial charge in [0.1, 0.15) is 0 Å². The molecule has 0 radical (unpaired) electrons. The van der Waals surface area contributed by atoms with Crippen LogP contribution in [-0.4, -0.2) is 0 Å². The minimum absolute atomic E-state index is 0.0909. The molecule has 2 aliphatic carbocycles. The van der Waals surface area contributed by atoms with Crippen molar-refractivity contribution in [2.45, 2.75) is 72.1 Å². The minimum atomic E-state index is 0.0909. The Morgan fingerprint density at radius 1 is 0.588 bits per heavy atom. The Labute approximate surface area is 204 Å². The molecule has 4 aromatic rings. The lowest BCUT2D eigenvalue weighted by Gasteiger charge is -2.36. The van der Waals surface area contributed by atoms with Gasteiger partial charge in [-0.2, -0.15) is 0 Å². The van der Waals surface area contributed by atoms with Crippen LogP contribution < -0.4 is 5.73 Å². The Balaban J connectivity index is 1.77. The molecule has 0 atom stereocenters. The zero-order chi connectivity index (χ0) is 23.8. The lowest BCUT2D eigenvalue weighted by Crippen LogP contribution is -2.28. The average Bonchev–Trinajstić information content (AvgIpc) is 3.11. The van der Waals surface area contributed by atoms with Gasteiger partial charge in [0.15, 0.2) is 0 Å². The molecule has 1 spiro atoms. The first-order valence-electron chi connectivity index (χ1n) is 12.9. The van der Waals surface area contributed by atoms with Crippen molar-refractivity contribution in [2.75, 3.05) is 5.73 Å². The van der Waals surface area contributed by atoms with Crippen molar-refractivity contribution >= 4 is 16.5 Å². The molecular formula is C33H35N. The minimum Gasteiger partial charge on any atom is -0.399 e. The molecule has 0 unspecified atom stereocenters. The summed E-state index contributed by atoms with van der Waals surface area (Å²) in [4.78, 5) is 0. The van der Waals surface area contributed by atoms with Crippen molar-refractivity contribution in [1.82, 2.24) is 0 Å². The van der Waals surface area contributed by atoms with Crippen molar-refractivity contribution in [2.24, 2.45) is 0 Å². The Bertz CT molecular complexity index is 1450. The molecular weight excluding hydrogens is 410 g/mol. The fourth-order valence-corrected chi connectivity index (χ4v) is 7.17. The average molecular weight is 446 g/mol. The number of rotatable bonds is 1. The van der Waals surface area contributed by atoms with Crippen molar-refractivity contribution in [1.29, 1.82) is 0 Å². The van der Waals surface area contributed by atoms with Gasteiger partial charge in [-0.05, 0) is 138 Å². The van der Waals surface area contributed by atoms with Gasteiger partial charge in [-0.1, -0.05) is 49.6 Å². The van der Waals surface area contributed by atoms with Crippen molar-refractivity contribution in [3.63, 3.8) is 0 Å². The monoisotopic (exact) mass is 445 g/mol. The third kappa shape index (κ3) is 2.73. The van der Waals surface area contributed by atoms with Crippen LogP contribution in [0.25, 0.3) is 33.0 Å². The third-order valence-electron chi connectivity index (χ3n) is 9.37. The highest BCUT2D eigenvalue weighted by Crippen LogP contribution is 2.59. The topological polar surface area (TPSA) is 26.0 Å². The van der Waals surface area contributed by atoms with Crippen LogP contribution in [-0.2, 0) is 5.41 Å². The van der Waals surface area contributed by atoms with Crippen molar-refractivity contribution in [3.05, 3.63) is 87.5 Å². The second-order valence-corrected chi connectivity index (χ2v) is 10.8. The predicted molar refractivity (Wildman–Crippen MR) is 147 cm³/mol. The Morgan fingerprint density at radius 3 is 1.88 bits per heavy atom. The Morgan fingerprint density at radius 2 is 1.21 bits per heavy atom. The van der Waals surface area contributed by atoms with E-state index in [1.54, 1.807) is 0 Å². The fourth-order valence-electron chi connectivity index (χ4n) is 7.17. The summed E-state index contributed by atoms with van der Waals surface area (Å²) in [6.45, 7) is 11.5. The van der Waals surface area contributed by atoms with Crippen LogP contribution >= 0.6 is 0 Å². The molecule has 0 saturated heterocycles. The van der Waals surface area contributed by atoms with Crippen LogP contribution in [0.4, 0.5) is 5.69 Å². The summed E-state index contributed by atoms with van der Waals surface area (Å²) in [5, 5.41) is 2.75. The van der Waals surface area contributed by atoms with Gasteiger partial charge >= 0.3 is 0 Å². The van der Waals surface area contributed by atoms with Crippen molar-refractivity contribution < 1.29 is 0 Å². The van der Waals surface area contributed by atoms with E-state index in [4.69, 9.17) is 5.73 Å². The van der Waals surface area contributed by atoms with E-state index in [0.717, 1.165) is 5.69 Å². The molecule has 1 nitrogen and oxygen atoms in total. The van der Waals surface area contributed by atoms with Crippen LogP contribution in [0.3, 0.4) is 0 Å². The number of fused-ring (bicyclic) bond motifs is 7. The maximum absolute atomic E-state index is 6.38. The lowest BCUT2D eigenvalue weighted by atomic mass is 9.67. The Hall–Kier alpha value is -3.06. The zero-order valence-electron chi connectivity index (χ0n) is 21.2. The molecule has 0 aromatic heterocycles. The zero-order valence-corrected chi connectivity index (χ0v) is 21.2. The third-order valence-corrected chi connectivity index (χ3v) is 9.37. The van der Waals surface area contributed by atoms with Gasteiger partial charge in [-0.3, -0.25) is 0 Å². The largest absolute Gasteiger partial charge is 0.399 e. The van der Waals surface area contributed by atoms with Gasteiger partial charge < -0.3 is 5.73 Å². The maximum Gasteiger partial charge on any atom is 0.0317 e. The number of hydrogen-bond acceptors (Lipinski definition) is 1. The summed E-state index contributed by atoms with van der Waals surface area (Å²) in [6, 6.07) is 18.3. The van der Waals surface area contributed by atoms with Crippen molar-refractivity contribution in [3.8, 4) is 22.3 Å². The molecule has 1 heteroatoms. The van der Waals surface area contributed by atoms with Crippen LogP contribution in [0.15, 0.2) is 48.5 Å². The van der Waals surface area contributed by atoms with Gasteiger partial charge in [0, 0.05) is 11.1 Å². The molecule has 6 rings (SSSR count). The van der Waals surface area contributed by atoms with Gasteiger partial charge in [0.05, 0.1) is 0 Å². The number of hydrogen-bond donors (Lipinski definition) is 1. The molecule has 2 N–H and O–H groups in total. The fraction of sp³-hybridized carbons (Fsp3) is 0.333. The van der Waals surface area contributed by atoms with Crippen LogP contribution in [0.2, 0.25) is 0 Å². The number of nitrogens with two attached hydrogens (primary N) is 1. The van der Waals surface area contributed by atoms with E-state index in [1.807, 2.05) is 0 Å². The number of nitrogen functional groups attached to an aromatic ring is 1. The molecule has 172 valence electrons. The molecule has 0 aliphatic heterocycles. The van der Waals surface area contributed by atoms with E-state index in [2.05, 4.69) is 83.1 Å². The molecule has 0 heterocycles. The van der Waals surface area contributed by atoms with Crippen LogP contribution in [0.5, 0.6) is 0 Å². The van der Waals surface area contributed by atoms with E-state index < -0.39 is 0 Å². The molecule has 1 saturated carbocycles. The highest BCUT2D eigenvalue weighted by atomic mass is 14.6. The predicted octanol–water partition coefficient (Wildman–Crippen LogP) is 8.86. The first-order chi connectivity index (χ1) is 16.3. The second-order valence-electron chi connectivity index (χ2n) is 10.8. The van der Waals surface area contributed by atoms with E-state index in [-0.39, 0.29) is 5.41 Å². The molecule has 4 aromatic carbocycles. The number of benzene rings is 4. The molecule has 34 heavy (non-hydrogen) atoms. The first-order valence-corrected chi connectivity index (χ1v) is 12.9. The summed E-state index contributed by atoms with van der Waals surface area (Å²) in [5.41, 5.74) is 23.2. The van der Waals surface area contributed by atoms with Crippen LogP contribution in [0, 0.1) is 34.6 Å². The molecule has 2 aliphatic rings. The van der Waals surface area contributed by atoms with E-state index >= 15 is 0 Å². The Kier molecular flexibility index (Phi) is 4.72. The van der Waals surface area contributed by atoms with Gasteiger partial charge in [0.2, 0.25) is 0 Å². The highest BCUT2D eigenvalue weighted by molar-refractivity contribution is 6.10. The lowest BCUT2D eigenvalue weighted by molar-refractivity contribution is 0.353. The summed E-state index contributed by atoms with van der Waals surface area (Å²) in [5.74, 6) is 0.